The molecule has 3 rings (SSSR count). The number of hydrogen-bond donors (Lipinski definition) is 8. The monoisotopic (exact) mass is 778 g/mol. The van der Waals surface area contributed by atoms with Gasteiger partial charge in [-0.15, -0.1) is 0 Å². The molecule has 8 unspecified atom stereocenters. The smallest absolute Gasteiger partial charge is 0.243 e. The van der Waals surface area contributed by atoms with Gasteiger partial charge in [0.2, 0.25) is 35.4 Å². The molecule has 56 heavy (non-hydrogen) atoms. The van der Waals surface area contributed by atoms with Crippen LogP contribution in [0.5, 0.6) is 11.5 Å². The molecule has 1 heterocycles. The van der Waals surface area contributed by atoms with Crippen molar-refractivity contribution in [3.63, 3.8) is 0 Å². The molecular formula is C42H62N6O8. The summed E-state index contributed by atoms with van der Waals surface area (Å²) < 4.78 is 0. The molecule has 0 aliphatic carbocycles. The number of hydrogen-bond acceptors (Lipinski definition) is 8. The van der Waals surface area contributed by atoms with Gasteiger partial charge in [-0.25, -0.2) is 0 Å². The Morgan fingerprint density at radius 3 is 1.05 bits per heavy atom. The fourth-order valence-corrected chi connectivity index (χ4v) is 6.54. The maximum absolute atomic E-state index is 14.2. The molecule has 0 bridgehead atoms. The average molecular weight is 779 g/mol. The standard InChI is InChI=1S/C42H62N6O8/c1-9-25(7)35-41(55)45-32(20-24(5)6)38(52)43-31(19-23(3)4)37(51)44-33(21-27-11-15-29(49)16-12-27)39(53)47-36(26(8)10-2)42(56)46-34(40(54)48-35)22-28-13-17-30(50)18-14-28/h11-18,23-26,31-36,49-50H,9-10,19-22H2,1-8H3,(H,43,52)(H,44,51)(H,45,55)(H,46,56)(H,47,53)(H,48,54). The zero-order chi connectivity index (χ0) is 41.7. The van der Waals surface area contributed by atoms with E-state index in [4.69, 9.17) is 0 Å². The Kier molecular flexibility index (Phi) is 17.2. The van der Waals surface area contributed by atoms with Crippen LogP contribution in [0.25, 0.3) is 0 Å². The van der Waals surface area contributed by atoms with Gasteiger partial charge in [0, 0.05) is 12.8 Å². The average Bonchev–Trinajstić information content (AvgIpc) is 3.14. The molecule has 0 aromatic heterocycles. The molecule has 8 N–H and O–H groups in total. The number of carbonyl (C=O) groups is 6. The summed E-state index contributed by atoms with van der Waals surface area (Å²) >= 11 is 0. The number of rotatable bonds is 12. The van der Waals surface area contributed by atoms with E-state index in [0.717, 1.165) is 0 Å². The van der Waals surface area contributed by atoms with E-state index in [-0.39, 0.29) is 54.9 Å². The van der Waals surface area contributed by atoms with Crippen LogP contribution in [0.3, 0.4) is 0 Å². The van der Waals surface area contributed by atoms with Crippen LogP contribution < -0.4 is 31.9 Å². The Balaban J connectivity index is 2.18. The van der Waals surface area contributed by atoms with Gasteiger partial charge in [0.1, 0.15) is 47.8 Å². The highest BCUT2D eigenvalue weighted by atomic mass is 16.3. The number of amides is 6. The Morgan fingerprint density at radius 1 is 0.446 bits per heavy atom. The van der Waals surface area contributed by atoms with Gasteiger partial charge in [0.05, 0.1) is 0 Å². The molecule has 0 radical (unpaired) electrons. The van der Waals surface area contributed by atoms with E-state index in [9.17, 15) is 39.0 Å². The lowest BCUT2D eigenvalue weighted by Gasteiger charge is -2.32. The second-order valence-electron chi connectivity index (χ2n) is 16.0. The topological polar surface area (TPSA) is 215 Å². The van der Waals surface area contributed by atoms with Crippen molar-refractivity contribution < 1.29 is 39.0 Å². The summed E-state index contributed by atoms with van der Waals surface area (Å²) in [6.45, 7) is 14.9. The maximum Gasteiger partial charge on any atom is 0.243 e. The predicted octanol–water partition coefficient (Wildman–Crippen LogP) is 2.99. The van der Waals surface area contributed by atoms with Gasteiger partial charge in [0.25, 0.3) is 0 Å². The van der Waals surface area contributed by atoms with Crippen molar-refractivity contribution in [3.8, 4) is 11.5 Å². The minimum absolute atomic E-state index is 0.00996. The number of nitrogens with one attached hydrogen (secondary N) is 6. The number of carbonyl (C=O) groups excluding carboxylic acids is 6. The molecule has 8 atom stereocenters. The van der Waals surface area contributed by atoms with E-state index in [1.807, 2.05) is 41.5 Å². The summed E-state index contributed by atoms with van der Waals surface area (Å²) in [7, 11) is 0. The van der Waals surface area contributed by atoms with E-state index in [1.54, 1.807) is 38.1 Å². The molecule has 1 saturated heterocycles. The van der Waals surface area contributed by atoms with Crippen molar-refractivity contribution in [2.24, 2.45) is 23.7 Å². The highest BCUT2D eigenvalue weighted by molar-refractivity contribution is 5.98. The molecule has 308 valence electrons. The van der Waals surface area contributed by atoms with Gasteiger partial charge in [-0.05, 0) is 71.9 Å². The molecule has 6 amide bonds. The van der Waals surface area contributed by atoms with Gasteiger partial charge in [0.15, 0.2) is 0 Å². The van der Waals surface area contributed by atoms with E-state index in [2.05, 4.69) is 31.9 Å². The maximum atomic E-state index is 14.2. The van der Waals surface area contributed by atoms with E-state index in [1.165, 1.54) is 24.3 Å². The Morgan fingerprint density at radius 2 is 0.732 bits per heavy atom. The summed E-state index contributed by atoms with van der Waals surface area (Å²) in [4.78, 5) is 84.8. The van der Waals surface area contributed by atoms with Crippen molar-refractivity contribution >= 4 is 35.4 Å². The highest BCUT2D eigenvalue weighted by Crippen LogP contribution is 2.18. The lowest BCUT2D eigenvalue weighted by atomic mass is 9.94. The SMILES string of the molecule is CCC(C)C1NC(=O)C(Cc2ccc(O)cc2)NC(=O)C(C(C)CC)NC(=O)C(Cc2ccc(O)cc2)NC(=O)C(CC(C)C)NC(=O)C(CC(C)C)NC1=O. The van der Waals surface area contributed by atoms with Crippen LogP contribution in [0.4, 0.5) is 0 Å². The number of phenols is 2. The molecule has 2 aromatic rings. The van der Waals surface area contributed by atoms with Gasteiger partial charge < -0.3 is 42.1 Å². The number of aromatic hydroxyl groups is 2. The van der Waals surface area contributed by atoms with Gasteiger partial charge in [-0.2, -0.15) is 0 Å². The Labute approximate surface area is 330 Å². The first kappa shape index (κ1) is 45.3. The largest absolute Gasteiger partial charge is 0.508 e. The van der Waals surface area contributed by atoms with Gasteiger partial charge in [-0.1, -0.05) is 92.5 Å². The second-order valence-corrected chi connectivity index (χ2v) is 16.0. The van der Waals surface area contributed by atoms with Crippen molar-refractivity contribution in [3.05, 3.63) is 59.7 Å². The molecule has 0 spiro atoms. The first-order valence-corrected chi connectivity index (χ1v) is 19.8. The quantitative estimate of drug-likeness (QED) is 0.160. The summed E-state index contributed by atoms with van der Waals surface area (Å²) in [5.74, 6) is -4.61. The summed E-state index contributed by atoms with van der Waals surface area (Å²) in [6.07, 6.45) is 1.40. The lowest BCUT2D eigenvalue weighted by molar-refractivity contribution is -0.137. The zero-order valence-corrected chi connectivity index (χ0v) is 34.0. The Bertz CT molecular complexity index is 1650. The molecule has 1 aliphatic heterocycles. The lowest BCUT2D eigenvalue weighted by Crippen LogP contribution is -2.63. The number of benzene rings is 2. The van der Waals surface area contributed by atoms with Crippen LogP contribution in [0.2, 0.25) is 0 Å². The van der Waals surface area contributed by atoms with Crippen molar-refractivity contribution in [1.82, 2.24) is 31.9 Å². The summed E-state index contributed by atoms with van der Waals surface area (Å²) in [6, 6.07) is 5.50. The fraction of sp³-hybridized carbons (Fsp3) is 0.571. The minimum Gasteiger partial charge on any atom is -0.508 e. The molecule has 1 fully saturated rings. The van der Waals surface area contributed by atoms with Crippen LogP contribution in [0.1, 0.15) is 92.2 Å². The third kappa shape index (κ3) is 13.6. The van der Waals surface area contributed by atoms with Crippen molar-refractivity contribution in [1.29, 1.82) is 0 Å². The molecule has 0 saturated carbocycles. The third-order valence-corrected chi connectivity index (χ3v) is 10.3. The van der Waals surface area contributed by atoms with E-state index in [0.29, 0.717) is 24.0 Å². The minimum atomic E-state index is -1.22. The van der Waals surface area contributed by atoms with Gasteiger partial charge >= 0.3 is 0 Å². The molecule has 2 aromatic carbocycles. The van der Waals surface area contributed by atoms with Crippen LogP contribution in [-0.2, 0) is 41.6 Å². The molecular weight excluding hydrogens is 716 g/mol. The first-order valence-electron chi connectivity index (χ1n) is 19.8. The van der Waals surface area contributed by atoms with E-state index >= 15 is 0 Å². The Hall–Kier alpha value is -5.14. The first-order chi connectivity index (χ1) is 26.4. The zero-order valence-electron chi connectivity index (χ0n) is 34.0. The van der Waals surface area contributed by atoms with Crippen LogP contribution >= 0.6 is 0 Å². The summed E-state index contributed by atoms with van der Waals surface area (Å²) in [5.41, 5.74) is 1.22. The second kappa shape index (κ2) is 21.2. The highest BCUT2D eigenvalue weighted by Gasteiger charge is 2.37. The van der Waals surface area contributed by atoms with Crippen LogP contribution in [0, 0.1) is 23.7 Å². The molecule has 1 aliphatic rings. The summed E-state index contributed by atoms with van der Waals surface area (Å²) in [5, 5.41) is 36.8. The predicted molar refractivity (Wildman–Crippen MR) is 213 cm³/mol. The van der Waals surface area contributed by atoms with Crippen LogP contribution in [0.15, 0.2) is 48.5 Å². The van der Waals surface area contributed by atoms with Gasteiger partial charge in [-0.3, -0.25) is 28.8 Å². The normalized spacial score (nSPS) is 24.5. The van der Waals surface area contributed by atoms with Crippen molar-refractivity contribution in [2.75, 3.05) is 0 Å². The molecule has 14 nitrogen and oxygen atoms in total. The fourth-order valence-electron chi connectivity index (χ4n) is 6.54. The third-order valence-electron chi connectivity index (χ3n) is 10.3. The van der Waals surface area contributed by atoms with Crippen LogP contribution in [-0.4, -0.2) is 81.9 Å². The van der Waals surface area contributed by atoms with E-state index < -0.39 is 77.6 Å². The number of phenolic OH excluding ortho intramolecular Hbond substituents is 2. The molecule has 14 heteroatoms. The van der Waals surface area contributed by atoms with Crippen molar-refractivity contribution in [2.45, 2.75) is 130 Å².